The minimum absolute atomic E-state index is 0.175. The van der Waals surface area contributed by atoms with Crippen molar-refractivity contribution in [3.63, 3.8) is 0 Å². The highest BCUT2D eigenvalue weighted by atomic mass is 16.5. The summed E-state index contributed by atoms with van der Waals surface area (Å²) in [7, 11) is 0. The number of hydrogen-bond donors (Lipinski definition) is 1. The van der Waals surface area contributed by atoms with Crippen LogP contribution in [0, 0.1) is 0 Å². The van der Waals surface area contributed by atoms with Gasteiger partial charge in [-0.15, -0.1) is 0 Å². The SMILES string of the molecule is CCc1c(C(=O)OCC(=O)NC(C)c2ccccc2)cnn1-c1ccccn1. The normalized spacial score (nSPS) is 11.6. The van der Waals surface area contributed by atoms with Crippen LogP contribution < -0.4 is 5.32 Å². The van der Waals surface area contributed by atoms with E-state index < -0.39 is 5.97 Å². The molecule has 3 rings (SSSR count). The highest BCUT2D eigenvalue weighted by Gasteiger charge is 2.20. The van der Waals surface area contributed by atoms with Crippen molar-refractivity contribution < 1.29 is 14.3 Å². The van der Waals surface area contributed by atoms with Crippen LogP contribution in [0.4, 0.5) is 0 Å². The van der Waals surface area contributed by atoms with Gasteiger partial charge in [-0.2, -0.15) is 5.10 Å². The molecule has 7 heteroatoms. The number of ether oxygens (including phenoxy) is 1. The molecular formula is C21H22N4O3. The number of carbonyl (C=O) groups excluding carboxylic acids is 2. The molecule has 0 spiro atoms. The van der Waals surface area contributed by atoms with Gasteiger partial charge in [0.2, 0.25) is 0 Å². The minimum Gasteiger partial charge on any atom is -0.452 e. The summed E-state index contributed by atoms with van der Waals surface area (Å²) in [5.74, 6) is -0.325. The monoisotopic (exact) mass is 378 g/mol. The lowest BCUT2D eigenvalue weighted by atomic mass is 10.1. The molecule has 0 aliphatic rings. The highest BCUT2D eigenvalue weighted by Crippen LogP contribution is 2.15. The first kappa shape index (κ1) is 19.3. The zero-order valence-electron chi connectivity index (χ0n) is 15.8. The molecule has 2 aromatic heterocycles. The van der Waals surface area contributed by atoms with Crippen LogP contribution in [0.5, 0.6) is 0 Å². The van der Waals surface area contributed by atoms with Crippen molar-refractivity contribution in [2.45, 2.75) is 26.3 Å². The Balaban J connectivity index is 1.62. The van der Waals surface area contributed by atoms with Crippen molar-refractivity contribution in [1.82, 2.24) is 20.1 Å². The van der Waals surface area contributed by atoms with Gasteiger partial charge in [0.1, 0.15) is 5.56 Å². The summed E-state index contributed by atoms with van der Waals surface area (Å²) in [6.07, 6.45) is 3.67. The third kappa shape index (κ3) is 4.43. The van der Waals surface area contributed by atoms with E-state index in [1.54, 1.807) is 16.9 Å². The number of rotatable bonds is 7. The Morgan fingerprint density at radius 2 is 1.89 bits per heavy atom. The molecule has 0 saturated carbocycles. The summed E-state index contributed by atoms with van der Waals surface area (Å²) in [4.78, 5) is 28.8. The average Bonchev–Trinajstić information content (AvgIpc) is 3.17. The molecule has 0 fully saturated rings. The summed E-state index contributed by atoms with van der Waals surface area (Å²) in [5, 5.41) is 7.06. The fraction of sp³-hybridized carbons (Fsp3) is 0.238. The Morgan fingerprint density at radius 3 is 2.57 bits per heavy atom. The maximum atomic E-state index is 12.5. The van der Waals surface area contributed by atoms with Crippen LogP contribution in [0.1, 0.15) is 41.5 Å². The predicted octanol–water partition coefficient (Wildman–Crippen LogP) is 2.86. The van der Waals surface area contributed by atoms with Crippen LogP contribution in [0.25, 0.3) is 5.82 Å². The molecule has 1 amide bonds. The number of benzene rings is 1. The molecule has 2 heterocycles. The van der Waals surface area contributed by atoms with E-state index in [9.17, 15) is 9.59 Å². The number of aromatic nitrogens is 3. The lowest BCUT2D eigenvalue weighted by Gasteiger charge is -2.14. The van der Waals surface area contributed by atoms with Crippen LogP contribution in [0.15, 0.2) is 60.9 Å². The van der Waals surface area contributed by atoms with Crippen LogP contribution in [-0.2, 0) is 16.0 Å². The number of hydrogen-bond acceptors (Lipinski definition) is 5. The minimum atomic E-state index is -0.582. The largest absolute Gasteiger partial charge is 0.452 e. The van der Waals surface area contributed by atoms with Gasteiger partial charge < -0.3 is 10.1 Å². The van der Waals surface area contributed by atoms with E-state index in [1.807, 2.05) is 56.3 Å². The van der Waals surface area contributed by atoms with E-state index in [1.165, 1.54) is 6.20 Å². The van der Waals surface area contributed by atoms with Crippen molar-refractivity contribution in [2.75, 3.05) is 6.61 Å². The molecule has 1 N–H and O–H groups in total. The van der Waals surface area contributed by atoms with Crippen LogP contribution in [0.2, 0.25) is 0 Å². The fourth-order valence-corrected chi connectivity index (χ4v) is 2.88. The van der Waals surface area contributed by atoms with Gasteiger partial charge in [-0.1, -0.05) is 43.3 Å². The molecular weight excluding hydrogens is 356 g/mol. The van der Waals surface area contributed by atoms with E-state index in [2.05, 4.69) is 15.4 Å². The number of amides is 1. The maximum absolute atomic E-state index is 12.5. The quantitative estimate of drug-likeness (QED) is 0.639. The topological polar surface area (TPSA) is 86.1 Å². The number of esters is 1. The summed E-state index contributed by atoms with van der Waals surface area (Å²) in [6, 6.07) is 14.9. The molecule has 144 valence electrons. The number of carbonyl (C=O) groups is 2. The molecule has 0 aliphatic heterocycles. The molecule has 1 aromatic carbocycles. The second-order valence-electron chi connectivity index (χ2n) is 6.23. The van der Waals surface area contributed by atoms with Crippen molar-refractivity contribution in [3.05, 3.63) is 77.7 Å². The molecule has 3 aromatic rings. The van der Waals surface area contributed by atoms with Crippen molar-refractivity contribution in [3.8, 4) is 5.82 Å². The fourth-order valence-electron chi connectivity index (χ4n) is 2.88. The van der Waals surface area contributed by atoms with Crippen molar-refractivity contribution in [2.24, 2.45) is 0 Å². The molecule has 1 atom stereocenters. The van der Waals surface area contributed by atoms with Gasteiger partial charge in [0.25, 0.3) is 5.91 Å². The number of nitrogens with one attached hydrogen (secondary N) is 1. The maximum Gasteiger partial charge on any atom is 0.342 e. The second kappa shape index (κ2) is 8.94. The van der Waals surface area contributed by atoms with Gasteiger partial charge in [0.15, 0.2) is 12.4 Å². The van der Waals surface area contributed by atoms with Gasteiger partial charge in [-0.25, -0.2) is 14.5 Å². The molecule has 0 aliphatic carbocycles. The Labute approximate surface area is 163 Å². The molecule has 0 radical (unpaired) electrons. The van der Waals surface area contributed by atoms with Gasteiger partial charge in [0, 0.05) is 6.20 Å². The van der Waals surface area contributed by atoms with E-state index >= 15 is 0 Å². The van der Waals surface area contributed by atoms with Gasteiger partial charge in [-0.05, 0) is 31.0 Å². The van der Waals surface area contributed by atoms with Crippen molar-refractivity contribution in [1.29, 1.82) is 0 Å². The van der Waals surface area contributed by atoms with Crippen LogP contribution >= 0.6 is 0 Å². The number of nitrogens with zero attached hydrogens (tertiary/aromatic N) is 3. The van der Waals surface area contributed by atoms with Gasteiger partial charge >= 0.3 is 5.97 Å². The highest BCUT2D eigenvalue weighted by molar-refractivity contribution is 5.92. The predicted molar refractivity (Wildman–Crippen MR) is 104 cm³/mol. The zero-order valence-corrected chi connectivity index (χ0v) is 15.8. The van der Waals surface area contributed by atoms with Crippen LogP contribution in [-0.4, -0.2) is 33.2 Å². The lowest BCUT2D eigenvalue weighted by molar-refractivity contribution is -0.124. The molecule has 1 unspecified atom stereocenters. The second-order valence-corrected chi connectivity index (χ2v) is 6.23. The first-order chi connectivity index (χ1) is 13.6. The first-order valence-electron chi connectivity index (χ1n) is 9.10. The Kier molecular flexibility index (Phi) is 6.16. The summed E-state index contributed by atoms with van der Waals surface area (Å²) < 4.78 is 6.80. The summed E-state index contributed by atoms with van der Waals surface area (Å²) in [5.41, 5.74) is 1.99. The first-order valence-corrected chi connectivity index (χ1v) is 9.10. The average molecular weight is 378 g/mol. The summed E-state index contributed by atoms with van der Waals surface area (Å²) >= 11 is 0. The Hall–Kier alpha value is -3.48. The number of pyridine rings is 1. The third-order valence-corrected chi connectivity index (χ3v) is 4.30. The van der Waals surface area contributed by atoms with E-state index in [-0.39, 0.29) is 18.6 Å². The Morgan fingerprint density at radius 1 is 1.14 bits per heavy atom. The van der Waals surface area contributed by atoms with E-state index in [0.717, 1.165) is 5.56 Å². The standard InChI is InChI=1S/C21H22N4O3/c1-3-18-17(13-23-25(18)19-11-7-8-12-22-19)21(27)28-14-20(26)24-15(2)16-9-5-4-6-10-16/h4-13,15H,3,14H2,1-2H3,(H,24,26). The zero-order chi connectivity index (χ0) is 19.9. The molecule has 28 heavy (non-hydrogen) atoms. The Bertz CT molecular complexity index is 939. The summed E-state index contributed by atoms with van der Waals surface area (Å²) in [6.45, 7) is 3.44. The molecule has 0 saturated heterocycles. The lowest BCUT2D eigenvalue weighted by Crippen LogP contribution is -2.31. The smallest absolute Gasteiger partial charge is 0.342 e. The van der Waals surface area contributed by atoms with Crippen molar-refractivity contribution >= 4 is 11.9 Å². The molecule has 7 nitrogen and oxygen atoms in total. The molecule has 0 bridgehead atoms. The third-order valence-electron chi connectivity index (χ3n) is 4.30. The van der Waals surface area contributed by atoms with E-state index in [4.69, 9.17) is 4.74 Å². The van der Waals surface area contributed by atoms with E-state index in [0.29, 0.717) is 23.5 Å². The van der Waals surface area contributed by atoms with Gasteiger partial charge in [0.05, 0.1) is 17.9 Å². The van der Waals surface area contributed by atoms with Crippen LogP contribution in [0.3, 0.4) is 0 Å². The van der Waals surface area contributed by atoms with Gasteiger partial charge in [-0.3, -0.25) is 4.79 Å².